The molecule has 4 heteroatoms. The lowest BCUT2D eigenvalue weighted by Crippen LogP contribution is -2.04. The molecule has 0 saturated carbocycles. The third kappa shape index (κ3) is 1.25. The Labute approximate surface area is 80.2 Å². The first kappa shape index (κ1) is 8.74. The largest absolute Gasteiger partial charge is 0.494 e. The summed E-state index contributed by atoms with van der Waals surface area (Å²) in [7, 11) is 0. The molecule has 0 atom stereocenters. The highest BCUT2D eigenvalue weighted by molar-refractivity contribution is 5.86. The van der Waals surface area contributed by atoms with Crippen LogP contribution in [0.4, 0.5) is 0 Å². The summed E-state index contributed by atoms with van der Waals surface area (Å²) in [6.07, 6.45) is 0. The van der Waals surface area contributed by atoms with Crippen molar-refractivity contribution in [1.29, 1.82) is 0 Å². The Bertz CT molecular complexity index is 558. The molecule has 0 aliphatic heterocycles. The molecule has 0 bridgehead atoms. The van der Waals surface area contributed by atoms with Crippen molar-refractivity contribution >= 4 is 10.9 Å². The highest BCUT2D eigenvalue weighted by atomic mass is 16.3. The van der Waals surface area contributed by atoms with Crippen LogP contribution in [0.1, 0.15) is 11.3 Å². The summed E-state index contributed by atoms with van der Waals surface area (Å²) in [5.74, 6) is -0.113. The number of aromatic amines is 1. The average molecular weight is 190 g/mol. The smallest absolute Gasteiger partial charge is 0.252 e. The van der Waals surface area contributed by atoms with Crippen LogP contribution in [0.5, 0.6) is 5.88 Å². The fourth-order valence-electron chi connectivity index (χ4n) is 1.62. The van der Waals surface area contributed by atoms with Crippen molar-refractivity contribution in [2.75, 3.05) is 0 Å². The SMILES string of the molecule is Cc1cc(C)c2c(O)[nH]c(=O)cc2n1. The van der Waals surface area contributed by atoms with Gasteiger partial charge in [0.15, 0.2) is 0 Å². The van der Waals surface area contributed by atoms with Crippen LogP contribution in [0.25, 0.3) is 10.9 Å². The Kier molecular flexibility index (Phi) is 1.77. The molecule has 0 aliphatic carbocycles. The van der Waals surface area contributed by atoms with Gasteiger partial charge in [0.25, 0.3) is 5.56 Å². The monoisotopic (exact) mass is 190 g/mol. The van der Waals surface area contributed by atoms with Gasteiger partial charge >= 0.3 is 0 Å². The molecule has 0 spiro atoms. The Hall–Kier alpha value is -1.84. The maximum atomic E-state index is 11.1. The number of nitrogens with one attached hydrogen (secondary N) is 1. The van der Waals surface area contributed by atoms with Crippen LogP contribution in [0, 0.1) is 13.8 Å². The second-order valence-electron chi connectivity index (χ2n) is 3.32. The van der Waals surface area contributed by atoms with E-state index in [4.69, 9.17) is 0 Å². The maximum absolute atomic E-state index is 11.1. The molecule has 0 fully saturated rings. The molecule has 2 aromatic rings. The number of aromatic nitrogens is 2. The number of nitrogens with zero attached hydrogens (tertiary/aromatic N) is 1. The second kappa shape index (κ2) is 2.83. The van der Waals surface area contributed by atoms with Gasteiger partial charge in [0.2, 0.25) is 5.88 Å². The first-order chi connectivity index (χ1) is 6.58. The van der Waals surface area contributed by atoms with Gasteiger partial charge < -0.3 is 5.11 Å². The quantitative estimate of drug-likeness (QED) is 0.657. The Morgan fingerprint density at radius 3 is 2.79 bits per heavy atom. The van der Waals surface area contributed by atoms with Gasteiger partial charge in [-0.1, -0.05) is 0 Å². The average Bonchev–Trinajstić information content (AvgIpc) is 1.99. The summed E-state index contributed by atoms with van der Waals surface area (Å²) in [6, 6.07) is 3.25. The van der Waals surface area contributed by atoms with Crippen molar-refractivity contribution in [2.24, 2.45) is 0 Å². The number of H-pyrrole nitrogens is 1. The van der Waals surface area contributed by atoms with Crippen LogP contribution in [0.15, 0.2) is 16.9 Å². The van der Waals surface area contributed by atoms with E-state index in [9.17, 15) is 9.90 Å². The number of pyridine rings is 2. The van der Waals surface area contributed by atoms with Crippen LogP contribution in [0.2, 0.25) is 0 Å². The molecule has 0 amide bonds. The molecule has 0 unspecified atom stereocenters. The first-order valence-corrected chi connectivity index (χ1v) is 4.28. The minimum absolute atomic E-state index is 0.113. The zero-order chi connectivity index (χ0) is 10.3. The van der Waals surface area contributed by atoms with Crippen LogP contribution < -0.4 is 5.56 Å². The molecule has 14 heavy (non-hydrogen) atoms. The highest BCUT2D eigenvalue weighted by Crippen LogP contribution is 2.22. The minimum Gasteiger partial charge on any atom is -0.494 e. The molecule has 0 saturated heterocycles. The van der Waals surface area contributed by atoms with Crippen molar-refractivity contribution in [3.05, 3.63) is 33.7 Å². The van der Waals surface area contributed by atoms with E-state index in [2.05, 4.69) is 9.97 Å². The van der Waals surface area contributed by atoms with E-state index in [0.29, 0.717) is 10.9 Å². The van der Waals surface area contributed by atoms with E-state index in [1.165, 1.54) is 6.07 Å². The summed E-state index contributed by atoms with van der Waals surface area (Å²) in [5, 5.41) is 10.1. The van der Waals surface area contributed by atoms with E-state index in [-0.39, 0.29) is 11.4 Å². The Balaban J connectivity index is 3.01. The molecular weight excluding hydrogens is 180 g/mol. The number of rotatable bonds is 0. The fourth-order valence-corrected chi connectivity index (χ4v) is 1.62. The van der Waals surface area contributed by atoms with Gasteiger partial charge in [0, 0.05) is 11.8 Å². The maximum Gasteiger partial charge on any atom is 0.252 e. The van der Waals surface area contributed by atoms with Crippen LogP contribution in [-0.2, 0) is 0 Å². The van der Waals surface area contributed by atoms with Gasteiger partial charge in [-0.3, -0.25) is 14.8 Å². The lowest BCUT2D eigenvalue weighted by molar-refractivity contribution is 0.458. The number of aryl methyl sites for hydroxylation is 2. The van der Waals surface area contributed by atoms with Crippen molar-refractivity contribution in [1.82, 2.24) is 9.97 Å². The van der Waals surface area contributed by atoms with E-state index in [1.54, 1.807) is 0 Å². The predicted octanol–water partition coefficient (Wildman–Crippen LogP) is 1.25. The first-order valence-electron chi connectivity index (χ1n) is 4.28. The van der Waals surface area contributed by atoms with Gasteiger partial charge in [-0.25, -0.2) is 0 Å². The summed E-state index contributed by atoms with van der Waals surface area (Å²) in [4.78, 5) is 17.6. The topological polar surface area (TPSA) is 66.0 Å². The van der Waals surface area contributed by atoms with Crippen LogP contribution >= 0.6 is 0 Å². The number of hydrogen-bond donors (Lipinski definition) is 2. The summed E-state index contributed by atoms with van der Waals surface area (Å²) >= 11 is 0. The van der Waals surface area contributed by atoms with Crippen LogP contribution in [0.3, 0.4) is 0 Å². The highest BCUT2D eigenvalue weighted by Gasteiger charge is 2.06. The third-order valence-corrected chi connectivity index (χ3v) is 2.12. The van der Waals surface area contributed by atoms with Gasteiger partial charge in [0.1, 0.15) is 0 Å². The number of hydrogen-bond acceptors (Lipinski definition) is 3. The number of aromatic hydroxyl groups is 1. The van der Waals surface area contributed by atoms with Gasteiger partial charge in [-0.15, -0.1) is 0 Å². The molecule has 2 rings (SSSR count). The Morgan fingerprint density at radius 1 is 1.36 bits per heavy atom. The molecular formula is C10H10N2O2. The van der Waals surface area contributed by atoms with Crippen molar-refractivity contribution in [3.8, 4) is 5.88 Å². The predicted molar refractivity (Wildman–Crippen MR) is 53.5 cm³/mol. The van der Waals surface area contributed by atoms with E-state index < -0.39 is 0 Å². The lowest BCUT2D eigenvalue weighted by atomic mass is 10.1. The molecule has 2 heterocycles. The number of fused-ring (bicyclic) bond motifs is 1. The van der Waals surface area contributed by atoms with Crippen molar-refractivity contribution in [3.63, 3.8) is 0 Å². The lowest BCUT2D eigenvalue weighted by Gasteiger charge is -2.04. The minimum atomic E-state index is -0.340. The zero-order valence-corrected chi connectivity index (χ0v) is 7.96. The van der Waals surface area contributed by atoms with Gasteiger partial charge in [-0.2, -0.15) is 0 Å². The molecule has 0 aliphatic rings. The summed E-state index contributed by atoms with van der Waals surface area (Å²) < 4.78 is 0. The summed E-state index contributed by atoms with van der Waals surface area (Å²) in [6.45, 7) is 3.72. The Morgan fingerprint density at radius 2 is 2.07 bits per heavy atom. The van der Waals surface area contributed by atoms with E-state index in [0.717, 1.165) is 11.3 Å². The van der Waals surface area contributed by atoms with E-state index >= 15 is 0 Å². The molecule has 2 aromatic heterocycles. The van der Waals surface area contributed by atoms with Gasteiger partial charge in [-0.05, 0) is 25.5 Å². The zero-order valence-electron chi connectivity index (χ0n) is 7.96. The molecule has 4 nitrogen and oxygen atoms in total. The van der Waals surface area contributed by atoms with Crippen molar-refractivity contribution in [2.45, 2.75) is 13.8 Å². The normalized spacial score (nSPS) is 10.7. The standard InChI is InChI=1S/C10H10N2O2/c1-5-3-6(2)11-7-4-8(13)12-10(14)9(5)7/h3-4H,1-2H3,(H2,12,13,14). The summed E-state index contributed by atoms with van der Waals surface area (Å²) in [5.41, 5.74) is 1.93. The molecule has 0 radical (unpaired) electrons. The van der Waals surface area contributed by atoms with E-state index in [1.807, 2.05) is 19.9 Å². The molecule has 72 valence electrons. The van der Waals surface area contributed by atoms with Gasteiger partial charge in [0.05, 0.1) is 10.9 Å². The third-order valence-electron chi connectivity index (χ3n) is 2.12. The second-order valence-corrected chi connectivity index (χ2v) is 3.32. The fraction of sp³-hybridized carbons (Fsp3) is 0.200. The molecule has 2 N–H and O–H groups in total. The molecule has 0 aromatic carbocycles. The van der Waals surface area contributed by atoms with Crippen LogP contribution in [-0.4, -0.2) is 15.1 Å². The van der Waals surface area contributed by atoms with Crippen molar-refractivity contribution < 1.29 is 5.11 Å².